The molecular formula is C22H38O7. The van der Waals surface area contributed by atoms with E-state index in [2.05, 4.69) is 0 Å². The number of carbonyl (C=O) groups is 2. The van der Waals surface area contributed by atoms with Gasteiger partial charge in [0.05, 0.1) is 42.4 Å². The number of hydrogen-bond donors (Lipinski definition) is 2. The molecule has 2 saturated heterocycles. The first kappa shape index (κ1) is 24.1. The van der Waals surface area contributed by atoms with E-state index in [-0.39, 0.29) is 48.5 Å². The van der Waals surface area contributed by atoms with Crippen LogP contribution in [0, 0.1) is 11.8 Å². The Labute approximate surface area is 174 Å². The third-order valence-electron chi connectivity index (χ3n) is 6.43. The average Bonchev–Trinajstić information content (AvgIpc) is 3.35. The third-order valence-corrected chi connectivity index (χ3v) is 6.43. The van der Waals surface area contributed by atoms with E-state index >= 15 is 0 Å². The second-order valence-corrected chi connectivity index (χ2v) is 8.66. The summed E-state index contributed by atoms with van der Waals surface area (Å²) in [5, 5.41) is 19.0. The molecule has 0 aromatic rings. The number of carboxylic acid groups (broad SMARTS) is 1. The van der Waals surface area contributed by atoms with Crippen molar-refractivity contribution < 1.29 is 34.0 Å². The first-order chi connectivity index (χ1) is 13.7. The van der Waals surface area contributed by atoms with Crippen LogP contribution in [0.15, 0.2) is 0 Å². The number of aliphatic carboxylic acids is 1. The number of hydrogen-bond acceptors (Lipinski definition) is 6. The molecule has 0 aromatic carbocycles. The first-order valence-corrected chi connectivity index (χ1v) is 11.2. The van der Waals surface area contributed by atoms with Crippen molar-refractivity contribution in [1.29, 1.82) is 0 Å². The molecule has 2 aliphatic rings. The Balaban J connectivity index is 1.78. The summed E-state index contributed by atoms with van der Waals surface area (Å²) >= 11 is 0. The predicted molar refractivity (Wildman–Crippen MR) is 107 cm³/mol. The minimum Gasteiger partial charge on any atom is -0.481 e. The van der Waals surface area contributed by atoms with Gasteiger partial charge in [-0.15, -0.1) is 0 Å². The fraction of sp³-hybridized carbons (Fsp3) is 0.909. The molecule has 0 spiro atoms. The van der Waals surface area contributed by atoms with Crippen molar-refractivity contribution in [2.75, 3.05) is 0 Å². The SMILES string of the molecule is CC[C@@H](O)C[C@H]1CC[C@H]([C@@H](C)C(=O)O[C@@H](CC)C[C@@H]2CC[C@H]([C@@H](C)C(=O)O)O2)O1. The summed E-state index contributed by atoms with van der Waals surface area (Å²) in [4.78, 5) is 23.8. The zero-order chi connectivity index (χ0) is 21.6. The fourth-order valence-electron chi connectivity index (χ4n) is 4.19. The number of rotatable bonds is 11. The van der Waals surface area contributed by atoms with Gasteiger partial charge in [-0.3, -0.25) is 9.59 Å². The van der Waals surface area contributed by atoms with Gasteiger partial charge in [0.25, 0.3) is 0 Å². The molecular weight excluding hydrogens is 376 g/mol. The van der Waals surface area contributed by atoms with Crippen LogP contribution in [-0.2, 0) is 23.8 Å². The quantitative estimate of drug-likeness (QED) is 0.500. The van der Waals surface area contributed by atoms with Gasteiger partial charge in [0.1, 0.15) is 6.10 Å². The zero-order valence-corrected chi connectivity index (χ0v) is 18.2. The maximum atomic E-state index is 12.6. The maximum Gasteiger partial charge on any atom is 0.311 e. The lowest BCUT2D eigenvalue weighted by molar-refractivity contribution is -0.160. The standard InChI is InChI=1S/C22H38O7/c1-5-15(23)11-17-7-10-20(27-17)14(4)22(26)29-16(6-2)12-18-8-9-19(28-18)13(3)21(24)25/h13-20,23H,5-12H2,1-4H3,(H,24,25)/t13-,14-,15-,16+,17-,18+,19-,20-/m1/s1. The number of esters is 1. The van der Waals surface area contributed by atoms with Crippen LogP contribution >= 0.6 is 0 Å². The lowest BCUT2D eigenvalue weighted by atomic mass is 10.00. The lowest BCUT2D eigenvalue weighted by Gasteiger charge is -2.25. The number of carbonyl (C=O) groups excluding carboxylic acids is 1. The largest absolute Gasteiger partial charge is 0.481 e. The Morgan fingerprint density at radius 3 is 2.00 bits per heavy atom. The van der Waals surface area contributed by atoms with E-state index in [1.807, 2.05) is 20.8 Å². The van der Waals surface area contributed by atoms with Crippen molar-refractivity contribution in [3.8, 4) is 0 Å². The van der Waals surface area contributed by atoms with Gasteiger partial charge < -0.3 is 24.4 Å². The summed E-state index contributed by atoms with van der Waals surface area (Å²) in [5.41, 5.74) is 0. The summed E-state index contributed by atoms with van der Waals surface area (Å²) in [6.45, 7) is 7.43. The van der Waals surface area contributed by atoms with Crippen molar-refractivity contribution in [2.45, 2.75) is 116 Å². The summed E-state index contributed by atoms with van der Waals surface area (Å²) in [5.74, 6) is -1.98. The summed E-state index contributed by atoms with van der Waals surface area (Å²) in [6.07, 6.45) is 4.66. The Hall–Kier alpha value is -1.18. The topological polar surface area (TPSA) is 102 Å². The Bertz CT molecular complexity index is 537. The molecule has 0 amide bonds. The Morgan fingerprint density at radius 2 is 1.48 bits per heavy atom. The Kier molecular flexibility index (Phi) is 9.37. The molecule has 2 fully saturated rings. The van der Waals surface area contributed by atoms with Crippen LogP contribution < -0.4 is 0 Å². The highest BCUT2D eigenvalue weighted by Crippen LogP contribution is 2.31. The van der Waals surface area contributed by atoms with E-state index in [0.29, 0.717) is 25.7 Å². The van der Waals surface area contributed by atoms with Crippen molar-refractivity contribution in [2.24, 2.45) is 11.8 Å². The van der Waals surface area contributed by atoms with Crippen LogP contribution in [0.2, 0.25) is 0 Å². The summed E-state index contributed by atoms with van der Waals surface area (Å²) < 4.78 is 17.6. The van der Waals surface area contributed by atoms with Gasteiger partial charge >= 0.3 is 11.9 Å². The minimum absolute atomic E-state index is 0.00668. The molecule has 168 valence electrons. The molecule has 0 saturated carbocycles. The van der Waals surface area contributed by atoms with Crippen molar-refractivity contribution >= 4 is 11.9 Å². The molecule has 29 heavy (non-hydrogen) atoms. The van der Waals surface area contributed by atoms with Crippen LogP contribution in [0.1, 0.15) is 79.1 Å². The van der Waals surface area contributed by atoms with Crippen LogP contribution in [-0.4, -0.2) is 58.8 Å². The highest BCUT2D eigenvalue weighted by atomic mass is 16.6. The highest BCUT2D eigenvalue weighted by Gasteiger charge is 2.37. The fourth-order valence-corrected chi connectivity index (χ4v) is 4.19. The minimum atomic E-state index is -0.843. The number of ether oxygens (including phenoxy) is 3. The Morgan fingerprint density at radius 1 is 0.931 bits per heavy atom. The van der Waals surface area contributed by atoms with Crippen molar-refractivity contribution in [3.63, 3.8) is 0 Å². The van der Waals surface area contributed by atoms with Crippen LogP contribution in [0.3, 0.4) is 0 Å². The van der Waals surface area contributed by atoms with Gasteiger partial charge in [0.2, 0.25) is 0 Å². The number of aliphatic hydroxyl groups is 1. The van der Waals surface area contributed by atoms with Gasteiger partial charge in [0, 0.05) is 6.42 Å². The second kappa shape index (κ2) is 11.3. The van der Waals surface area contributed by atoms with Gasteiger partial charge in [0.15, 0.2) is 0 Å². The molecule has 0 unspecified atom stereocenters. The van der Waals surface area contributed by atoms with E-state index in [9.17, 15) is 14.7 Å². The van der Waals surface area contributed by atoms with Crippen LogP contribution in [0.5, 0.6) is 0 Å². The summed E-state index contributed by atoms with van der Waals surface area (Å²) in [6, 6.07) is 0. The molecule has 0 bridgehead atoms. The zero-order valence-electron chi connectivity index (χ0n) is 18.2. The highest BCUT2D eigenvalue weighted by molar-refractivity contribution is 5.73. The maximum absolute atomic E-state index is 12.6. The molecule has 2 rings (SSSR count). The van der Waals surface area contributed by atoms with Gasteiger partial charge in [-0.05, 0) is 58.8 Å². The monoisotopic (exact) mass is 414 g/mol. The third kappa shape index (κ3) is 6.93. The van der Waals surface area contributed by atoms with E-state index in [1.54, 1.807) is 6.92 Å². The molecule has 0 aromatic heterocycles. The first-order valence-electron chi connectivity index (χ1n) is 11.2. The molecule has 0 radical (unpaired) electrons. The van der Waals surface area contributed by atoms with E-state index < -0.39 is 11.9 Å². The van der Waals surface area contributed by atoms with Gasteiger partial charge in [-0.1, -0.05) is 13.8 Å². The second-order valence-electron chi connectivity index (χ2n) is 8.66. The van der Waals surface area contributed by atoms with Crippen LogP contribution in [0.4, 0.5) is 0 Å². The van der Waals surface area contributed by atoms with Crippen molar-refractivity contribution in [1.82, 2.24) is 0 Å². The van der Waals surface area contributed by atoms with E-state index in [1.165, 1.54) is 0 Å². The molecule has 2 heterocycles. The molecule has 7 heteroatoms. The molecule has 8 atom stereocenters. The molecule has 2 aliphatic heterocycles. The van der Waals surface area contributed by atoms with E-state index in [0.717, 1.165) is 25.7 Å². The van der Waals surface area contributed by atoms with Crippen molar-refractivity contribution in [3.05, 3.63) is 0 Å². The van der Waals surface area contributed by atoms with E-state index in [4.69, 9.17) is 19.3 Å². The predicted octanol–water partition coefficient (Wildman–Crippen LogP) is 3.31. The molecule has 0 aliphatic carbocycles. The molecule has 7 nitrogen and oxygen atoms in total. The average molecular weight is 415 g/mol. The lowest BCUT2D eigenvalue weighted by Crippen LogP contribution is -2.33. The summed E-state index contributed by atoms with van der Waals surface area (Å²) in [7, 11) is 0. The smallest absolute Gasteiger partial charge is 0.311 e. The number of aliphatic hydroxyl groups excluding tert-OH is 1. The molecule has 2 N–H and O–H groups in total. The van der Waals surface area contributed by atoms with Gasteiger partial charge in [-0.2, -0.15) is 0 Å². The van der Waals surface area contributed by atoms with Crippen LogP contribution in [0.25, 0.3) is 0 Å². The normalized spacial score (nSPS) is 31.2. The number of carboxylic acids is 1. The van der Waals surface area contributed by atoms with Gasteiger partial charge in [-0.25, -0.2) is 0 Å².